The number of alkyl carbamates (subject to hydrolysis) is 1. The summed E-state index contributed by atoms with van der Waals surface area (Å²) in [7, 11) is 2.16. The molecule has 2 aromatic carbocycles. The highest BCUT2D eigenvalue weighted by molar-refractivity contribution is 5.69. The van der Waals surface area contributed by atoms with Crippen molar-refractivity contribution in [2.24, 2.45) is 0 Å². The minimum absolute atomic E-state index is 0.151. The minimum Gasteiger partial charge on any atom is -0.445 e. The van der Waals surface area contributed by atoms with Gasteiger partial charge in [-0.3, -0.25) is 4.79 Å². The predicted octanol–water partition coefficient (Wildman–Crippen LogP) is 4.10. The average Bonchev–Trinajstić information content (AvgIpc) is 2.83. The number of likely N-dealkylation sites (N-methyl/N-ethyl adjacent to an activating group) is 1. The van der Waals surface area contributed by atoms with Gasteiger partial charge in [0.15, 0.2) is 0 Å². The second kappa shape index (κ2) is 10.4. The van der Waals surface area contributed by atoms with Crippen LogP contribution >= 0.6 is 0 Å². The van der Waals surface area contributed by atoms with Crippen molar-refractivity contribution in [1.82, 2.24) is 5.32 Å². The molecule has 192 valence electrons. The number of nitrogens with zero attached hydrogens (tertiary/aromatic N) is 1. The van der Waals surface area contributed by atoms with Crippen molar-refractivity contribution in [3.63, 3.8) is 0 Å². The van der Waals surface area contributed by atoms with E-state index in [1.807, 2.05) is 54.6 Å². The maximum absolute atomic E-state index is 12.7. The number of rotatable bonds is 7. The van der Waals surface area contributed by atoms with Crippen LogP contribution in [0.2, 0.25) is 0 Å². The molecule has 4 rings (SSSR count). The maximum atomic E-state index is 12.7. The first kappa shape index (κ1) is 25.9. The highest BCUT2D eigenvalue weighted by atomic mass is 16.5. The van der Waals surface area contributed by atoms with Gasteiger partial charge < -0.3 is 24.4 Å². The van der Waals surface area contributed by atoms with Crippen LogP contribution in [0.25, 0.3) is 0 Å². The molecule has 1 aliphatic heterocycles. The van der Waals surface area contributed by atoms with Crippen molar-refractivity contribution in [2.75, 3.05) is 26.7 Å². The number of likely N-dealkylation sites (tertiary alicyclic amines) is 1. The molecule has 7 heteroatoms. The van der Waals surface area contributed by atoms with E-state index in [-0.39, 0.29) is 18.6 Å². The number of hydrogen-bond donors (Lipinski definition) is 2. The first-order valence-electron chi connectivity index (χ1n) is 12.6. The molecule has 2 aliphatic rings. The Morgan fingerprint density at radius 3 is 2.69 bits per heavy atom. The van der Waals surface area contributed by atoms with E-state index >= 15 is 0 Å². The number of fused-ring (bicyclic) bond motifs is 1. The van der Waals surface area contributed by atoms with Gasteiger partial charge in [0.1, 0.15) is 24.5 Å². The van der Waals surface area contributed by atoms with Crippen molar-refractivity contribution in [3.05, 3.63) is 78.4 Å². The second-order valence-corrected chi connectivity index (χ2v) is 10.6. The molecule has 36 heavy (non-hydrogen) atoms. The molecule has 1 amide bonds. The van der Waals surface area contributed by atoms with Gasteiger partial charge in [-0.2, -0.15) is 0 Å². The van der Waals surface area contributed by atoms with Gasteiger partial charge in [-0.15, -0.1) is 0 Å². The summed E-state index contributed by atoms with van der Waals surface area (Å²) in [4.78, 5) is 24.3. The van der Waals surface area contributed by atoms with E-state index in [4.69, 9.17) is 9.47 Å². The Balaban J connectivity index is 1.58. The van der Waals surface area contributed by atoms with Crippen LogP contribution in [0.15, 0.2) is 67.3 Å². The summed E-state index contributed by atoms with van der Waals surface area (Å²) < 4.78 is 11.6. The van der Waals surface area contributed by atoms with E-state index in [1.54, 1.807) is 6.07 Å². The molecule has 1 unspecified atom stereocenters. The first-order valence-corrected chi connectivity index (χ1v) is 12.6. The molecule has 0 spiro atoms. The van der Waals surface area contributed by atoms with E-state index in [1.165, 1.54) is 6.92 Å². The Labute approximate surface area is 213 Å². The van der Waals surface area contributed by atoms with Crippen LogP contribution in [0, 0.1) is 0 Å². The van der Waals surface area contributed by atoms with Crippen LogP contribution in [0.1, 0.15) is 43.7 Å². The Morgan fingerprint density at radius 2 is 1.97 bits per heavy atom. The fourth-order valence-electron chi connectivity index (χ4n) is 6.18. The van der Waals surface area contributed by atoms with Crippen molar-refractivity contribution < 1.29 is 28.7 Å². The second-order valence-electron chi connectivity index (χ2n) is 10.6. The predicted molar refractivity (Wildman–Crippen MR) is 137 cm³/mol. The number of carbonyl (C=O) groups excluding carboxylic acids is 2. The molecule has 2 aromatic rings. The number of aliphatic hydroxyl groups is 1. The fraction of sp³-hybridized carbons (Fsp3) is 0.448. The Bertz CT molecular complexity index is 1110. The molecule has 2 N–H and O–H groups in total. The van der Waals surface area contributed by atoms with Gasteiger partial charge in [-0.25, -0.2) is 4.79 Å². The summed E-state index contributed by atoms with van der Waals surface area (Å²) in [5, 5.41) is 15.3. The number of quaternary nitrogens is 1. The normalized spacial score (nSPS) is 29.5. The first-order chi connectivity index (χ1) is 17.2. The quantitative estimate of drug-likeness (QED) is 0.263. The Hall–Kier alpha value is -3.16. The summed E-state index contributed by atoms with van der Waals surface area (Å²) in [6.45, 7) is 7.72. The third kappa shape index (κ3) is 5.47. The van der Waals surface area contributed by atoms with Crippen LogP contribution in [0.4, 0.5) is 4.79 Å². The van der Waals surface area contributed by atoms with Crippen LogP contribution in [0.5, 0.6) is 5.75 Å². The zero-order valence-corrected chi connectivity index (χ0v) is 21.2. The molecule has 0 bridgehead atoms. The third-order valence-corrected chi connectivity index (χ3v) is 7.87. The van der Waals surface area contributed by atoms with Crippen LogP contribution in [0.3, 0.4) is 0 Å². The van der Waals surface area contributed by atoms with Gasteiger partial charge in [-0.1, -0.05) is 49.0 Å². The Kier molecular flexibility index (Phi) is 7.52. The molecular weight excluding hydrogens is 456 g/mol. The molecule has 1 saturated heterocycles. The standard InChI is InChI=1S/C29H36N2O5/c1-4-16-31(3)17-15-28(24-11-8-12-26(18-24)36-22(2)32)19-25(13-14-29(28,34)21-31)30-27(33)35-20-23-9-6-5-7-10-23/h4-12,18,25,34H,1,13-17,19-21H2,2-3H3/p+1/t25-,28+,29?,31+/m1/s1. The Morgan fingerprint density at radius 1 is 1.19 bits per heavy atom. The van der Waals surface area contributed by atoms with Crippen LogP contribution in [-0.2, 0) is 21.6 Å². The average molecular weight is 494 g/mol. The number of benzene rings is 2. The van der Waals surface area contributed by atoms with E-state index in [0.29, 0.717) is 36.0 Å². The zero-order chi connectivity index (χ0) is 25.8. The minimum atomic E-state index is -0.982. The summed E-state index contributed by atoms with van der Waals surface area (Å²) in [6, 6.07) is 16.9. The van der Waals surface area contributed by atoms with Crippen LogP contribution in [-0.4, -0.2) is 60.0 Å². The number of piperidine rings is 1. The summed E-state index contributed by atoms with van der Waals surface area (Å²) >= 11 is 0. The number of hydrogen-bond acceptors (Lipinski definition) is 5. The van der Waals surface area contributed by atoms with Crippen molar-refractivity contribution in [2.45, 2.75) is 56.3 Å². The van der Waals surface area contributed by atoms with E-state index in [9.17, 15) is 14.7 Å². The zero-order valence-electron chi connectivity index (χ0n) is 21.2. The maximum Gasteiger partial charge on any atom is 0.407 e. The molecule has 1 heterocycles. The molecule has 2 fully saturated rings. The lowest BCUT2D eigenvalue weighted by Gasteiger charge is -2.59. The van der Waals surface area contributed by atoms with Crippen molar-refractivity contribution >= 4 is 12.1 Å². The number of nitrogens with one attached hydrogen (secondary N) is 1. The van der Waals surface area contributed by atoms with Crippen molar-refractivity contribution in [1.29, 1.82) is 0 Å². The molecule has 4 atom stereocenters. The SMILES string of the molecule is C=CC[N@@+]1(C)CC[C@@]2(c3cccc(OC(C)=O)c3)C[C@H](NC(=O)OCc3ccccc3)CCC2(O)C1. The number of ether oxygens (including phenoxy) is 2. The van der Waals surface area contributed by atoms with E-state index in [2.05, 4.69) is 18.9 Å². The summed E-state index contributed by atoms with van der Waals surface area (Å²) in [5.74, 6) is 0.0751. The van der Waals surface area contributed by atoms with E-state index < -0.39 is 17.1 Å². The van der Waals surface area contributed by atoms with Crippen LogP contribution < -0.4 is 10.1 Å². The number of carbonyl (C=O) groups is 2. The third-order valence-electron chi connectivity index (χ3n) is 7.87. The molecule has 1 saturated carbocycles. The molecule has 1 aliphatic carbocycles. The topological polar surface area (TPSA) is 84.9 Å². The van der Waals surface area contributed by atoms with Crippen molar-refractivity contribution in [3.8, 4) is 5.75 Å². The van der Waals surface area contributed by atoms with Gasteiger partial charge in [0, 0.05) is 24.8 Å². The molecular formula is C29H37N2O5+. The van der Waals surface area contributed by atoms with Gasteiger partial charge in [-0.05, 0) is 48.6 Å². The molecule has 0 aromatic heterocycles. The lowest BCUT2D eigenvalue weighted by atomic mass is 9.55. The summed E-state index contributed by atoms with van der Waals surface area (Å²) in [5.41, 5.74) is 0.274. The van der Waals surface area contributed by atoms with Gasteiger partial charge in [0.25, 0.3) is 0 Å². The molecule has 7 nitrogen and oxygen atoms in total. The largest absolute Gasteiger partial charge is 0.445 e. The number of esters is 1. The lowest BCUT2D eigenvalue weighted by molar-refractivity contribution is -0.918. The lowest BCUT2D eigenvalue weighted by Crippen LogP contribution is -2.71. The highest BCUT2D eigenvalue weighted by Gasteiger charge is 2.61. The highest BCUT2D eigenvalue weighted by Crippen LogP contribution is 2.53. The number of amides is 1. The smallest absolute Gasteiger partial charge is 0.407 e. The summed E-state index contributed by atoms with van der Waals surface area (Å²) in [6.07, 6.45) is 3.95. The van der Waals surface area contributed by atoms with Gasteiger partial charge >= 0.3 is 12.1 Å². The monoisotopic (exact) mass is 493 g/mol. The van der Waals surface area contributed by atoms with E-state index in [0.717, 1.165) is 30.6 Å². The van der Waals surface area contributed by atoms with Gasteiger partial charge in [0.2, 0.25) is 0 Å². The molecule has 0 radical (unpaired) electrons. The fourth-order valence-corrected chi connectivity index (χ4v) is 6.18. The van der Waals surface area contributed by atoms with Gasteiger partial charge in [0.05, 0.1) is 20.1 Å².